The van der Waals surface area contributed by atoms with Crippen LogP contribution in [0.2, 0.25) is 0 Å². The third-order valence-electron chi connectivity index (χ3n) is 2.96. The van der Waals surface area contributed by atoms with Gasteiger partial charge in [-0.05, 0) is 38.1 Å². The van der Waals surface area contributed by atoms with E-state index in [4.69, 9.17) is 0 Å². The molecule has 0 aliphatic rings. The summed E-state index contributed by atoms with van der Waals surface area (Å²) in [6.07, 6.45) is 2.11. The second-order valence-electron chi connectivity index (χ2n) is 4.37. The molecule has 0 radical (unpaired) electrons. The van der Waals surface area contributed by atoms with E-state index in [0.29, 0.717) is 0 Å². The highest BCUT2D eigenvalue weighted by molar-refractivity contribution is 9.10. The fourth-order valence-corrected chi connectivity index (χ4v) is 3.17. The summed E-state index contributed by atoms with van der Waals surface area (Å²) in [7, 11) is 0. The van der Waals surface area contributed by atoms with Gasteiger partial charge in [-0.25, -0.2) is 0 Å². The molecule has 2 aromatic rings. The highest BCUT2D eigenvalue weighted by atomic mass is 79.9. The molecule has 1 N–H and O–H groups in total. The molecule has 0 saturated heterocycles. The molecule has 0 spiro atoms. The summed E-state index contributed by atoms with van der Waals surface area (Å²) < 4.78 is 1.12. The van der Waals surface area contributed by atoms with Gasteiger partial charge < -0.3 is 5.32 Å². The molecular weight excluding hydrogens is 322 g/mol. The number of halogens is 1. The summed E-state index contributed by atoms with van der Waals surface area (Å²) in [5, 5.41) is 14.1. The van der Waals surface area contributed by atoms with Crippen molar-refractivity contribution in [3.63, 3.8) is 0 Å². The lowest BCUT2D eigenvalue weighted by atomic mass is 10.1. The molecule has 0 atom stereocenters. The van der Waals surface area contributed by atoms with Gasteiger partial charge in [-0.2, -0.15) is 0 Å². The van der Waals surface area contributed by atoms with Crippen molar-refractivity contribution in [3.8, 4) is 10.6 Å². The van der Waals surface area contributed by atoms with Gasteiger partial charge in [-0.1, -0.05) is 46.3 Å². The van der Waals surface area contributed by atoms with Gasteiger partial charge in [0.1, 0.15) is 10.0 Å². The number of nitrogens with zero attached hydrogens (tertiary/aromatic N) is 2. The molecule has 0 unspecified atom stereocenters. The summed E-state index contributed by atoms with van der Waals surface area (Å²) >= 11 is 5.25. The van der Waals surface area contributed by atoms with Crippen LogP contribution in [0, 0.1) is 6.92 Å². The third kappa shape index (κ3) is 3.84. The van der Waals surface area contributed by atoms with Crippen molar-refractivity contribution < 1.29 is 0 Å². The molecule has 3 nitrogen and oxygen atoms in total. The molecule has 0 aliphatic carbocycles. The van der Waals surface area contributed by atoms with Gasteiger partial charge in [0, 0.05) is 16.5 Å². The quantitative estimate of drug-likeness (QED) is 0.813. The number of aromatic nitrogens is 2. The Labute approximate surface area is 126 Å². The Morgan fingerprint density at radius 3 is 2.95 bits per heavy atom. The Balaban J connectivity index is 2.06. The second kappa shape index (κ2) is 7.12. The molecule has 0 fully saturated rings. The number of rotatable bonds is 6. The molecule has 102 valence electrons. The number of nitrogens with one attached hydrogen (secondary N) is 1. The maximum atomic E-state index is 4.31. The average molecular weight is 340 g/mol. The first-order valence-corrected chi connectivity index (χ1v) is 8.12. The SMILES string of the molecule is CCNCCCc1nnc(-c2cccc(Br)c2C)s1. The van der Waals surface area contributed by atoms with E-state index in [-0.39, 0.29) is 0 Å². The Kier molecular flexibility index (Phi) is 5.48. The van der Waals surface area contributed by atoms with Crippen molar-refractivity contribution in [3.05, 3.63) is 33.2 Å². The Bertz CT molecular complexity index is 539. The van der Waals surface area contributed by atoms with Gasteiger partial charge in [0.15, 0.2) is 0 Å². The molecule has 0 amide bonds. The summed E-state index contributed by atoms with van der Waals surface area (Å²) in [5.74, 6) is 0. The highest BCUT2D eigenvalue weighted by Crippen LogP contribution is 2.30. The zero-order valence-electron chi connectivity index (χ0n) is 11.2. The smallest absolute Gasteiger partial charge is 0.148 e. The highest BCUT2D eigenvalue weighted by Gasteiger charge is 2.10. The van der Waals surface area contributed by atoms with Gasteiger partial charge >= 0.3 is 0 Å². The monoisotopic (exact) mass is 339 g/mol. The van der Waals surface area contributed by atoms with Crippen LogP contribution in [0.1, 0.15) is 23.9 Å². The molecule has 0 saturated carbocycles. The first kappa shape index (κ1) is 14.6. The van der Waals surface area contributed by atoms with Crippen molar-refractivity contribution in [2.45, 2.75) is 26.7 Å². The van der Waals surface area contributed by atoms with Gasteiger partial charge in [-0.15, -0.1) is 10.2 Å². The first-order chi connectivity index (χ1) is 9.22. The molecule has 5 heteroatoms. The minimum Gasteiger partial charge on any atom is -0.317 e. The normalized spacial score (nSPS) is 10.9. The molecule has 0 aliphatic heterocycles. The van der Waals surface area contributed by atoms with Gasteiger partial charge in [0.05, 0.1) is 0 Å². The fraction of sp³-hybridized carbons (Fsp3) is 0.429. The number of benzene rings is 1. The Morgan fingerprint density at radius 2 is 2.16 bits per heavy atom. The van der Waals surface area contributed by atoms with Crippen LogP contribution in [0.5, 0.6) is 0 Å². The van der Waals surface area contributed by atoms with Crippen LogP contribution in [0.4, 0.5) is 0 Å². The fourth-order valence-electron chi connectivity index (χ4n) is 1.84. The topological polar surface area (TPSA) is 37.8 Å². The van der Waals surface area contributed by atoms with E-state index in [1.54, 1.807) is 11.3 Å². The molecule has 19 heavy (non-hydrogen) atoms. The van der Waals surface area contributed by atoms with Crippen LogP contribution in [0.15, 0.2) is 22.7 Å². The van der Waals surface area contributed by atoms with Crippen LogP contribution in [0.3, 0.4) is 0 Å². The summed E-state index contributed by atoms with van der Waals surface area (Å²) in [4.78, 5) is 0. The Hall–Kier alpha value is -0.780. The third-order valence-corrected chi connectivity index (χ3v) is 4.83. The molecule has 1 aromatic heterocycles. The van der Waals surface area contributed by atoms with Crippen molar-refractivity contribution in [1.82, 2.24) is 15.5 Å². The zero-order valence-corrected chi connectivity index (χ0v) is 13.6. The predicted molar refractivity (Wildman–Crippen MR) is 84.6 cm³/mol. The van der Waals surface area contributed by atoms with Crippen LogP contribution >= 0.6 is 27.3 Å². The Morgan fingerprint density at radius 1 is 1.32 bits per heavy atom. The van der Waals surface area contributed by atoms with Crippen LogP contribution in [-0.2, 0) is 6.42 Å². The summed E-state index contributed by atoms with van der Waals surface area (Å²) in [6.45, 7) is 6.30. The summed E-state index contributed by atoms with van der Waals surface area (Å²) in [6, 6.07) is 6.19. The van der Waals surface area contributed by atoms with E-state index < -0.39 is 0 Å². The number of hydrogen-bond donors (Lipinski definition) is 1. The van der Waals surface area contributed by atoms with Gasteiger partial charge in [0.25, 0.3) is 0 Å². The van der Waals surface area contributed by atoms with E-state index in [1.807, 2.05) is 6.07 Å². The van der Waals surface area contributed by atoms with E-state index in [9.17, 15) is 0 Å². The largest absolute Gasteiger partial charge is 0.317 e. The summed E-state index contributed by atoms with van der Waals surface area (Å²) in [5.41, 5.74) is 2.39. The van der Waals surface area contributed by atoms with Crippen LogP contribution in [-0.4, -0.2) is 23.3 Å². The second-order valence-corrected chi connectivity index (χ2v) is 6.29. The molecule has 0 bridgehead atoms. The van der Waals surface area contributed by atoms with Gasteiger partial charge in [-0.3, -0.25) is 0 Å². The lowest BCUT2D eigenvalue weighted by molar-refractivity contribution is 0.669. The van der Waals surface area contributed by atoms with Crippen molar-refractivity contribution in [1.29, 1.82) is 0 Å². The lowest BCUT2D eigenvalue weighted by Gasteiger charge is -2.03. The minimum atomic E-state index is 0.998. The number of hydrogen-bond acceptors (Lipinski definition) is 4. The van der Waals surface area contributed by atoms with E-state index in [1.165, 1.54) is 11.1 Å². The van der Waals surface area contributed by atoms with E-state index in [2.05, 4.69) is 57.4 Å². The molecule has 1 aromatic carbocycles. The zero-order chi connectivity index (χ0) is 13.7. The van der Waals surface area contributed by atoms with Crippen molar-refractivity contribution >= 4 is 27.3 Å². The minimum absolute atomic E-state index is 0.998. The molecular formula is C14H18BrN3S. The first-order valence-electron chi connectivity index (χ1n) is 6.51. The molecule has 2 rings (SSSR count). The van der Waals surface area contributed by atoms with E-state index in [0.717, 1.165) is 40.4 Å². The maximum absolute atomic E-state index is 4.31. The predicted octanol–water partition coefficient (Wildman–Crippen LogP) is 3.82. The number of aryl methyl sites for hydroxylation is 1. The van der Waals surface area contributed by atoms with E-state index >= 15 is 0 Å². The van der Waals surface area contributed by atoms with Crippen molar-refractivity contribution in [2.24, 2.45) is 0 Å². The molecule has 1 heterocycles. The van der Waals surface area contributed by atoms with Crippen LogP contribution in [0.25, 0.3) is 10.6 Å². The maximum Gasteiger partial charge on any atom is 0.148 e. The standard InChI is InChI=1S/C14H18BrN3S/c1-3-16-9-5-8-13-17-18-14(19-13)11-6-4-7-12(15)10(11)2/h4,6-7,16H,3,5,8-9H2,1-2H3. The van der Waals surface area contributed by atoms with Crippen LogP contribution < -0.4 is 5.32 Å². The van der Waals surface area contributed by atoms with Gasteiger partial charge in [0.2, 0.25) is 0 Å². The average Bonchev–Trinajstić information content (AvgIpc) is 2.87. The lowest BCUT2D eigenvalue weighted by Crippen LogP contribution is -2.14. The van der Waals surface area contributed by atoms with Crippen molar-refractivity contribution in [2.75, 3.05) is 13.1 Å².